The highest BCUT2D eigenvalue weighted by Crippen LogP contribution is 2.26. The third kappa shape index (κ3) is 2.87. The average molecular weight is 301 g/mol. The molecule has 0 spiro atoms. The highest BCUT2D eigenvalue weighted by molar-refractivity contribution is 6.31. The Morgan fingerprint density at radius 3 is 2.67 bits per heavy atom. The van der Waals surface area contributed by atoms with Gasteiger partial charge in [0.1, 0.15) is 5.75 Å². The standard InChI is InChI=1S/C15H13ClN4O/c1-21-14-9-5-3-7-12(14)15-17-19-20(18-15)10-11-6-2-4-8-13(11)16/h2-9H,10H2,1H3. The maximum absolute atomic E-state index is 6.14. The van der Waals surface area contributed by atoms with Crippen LogP contribution in [0.2, 0.25) is 5.02 Å². The van der Waals surface area contributed by atoms with Crippen molar-refractivity contribution in [1.82, 2.24) is 20.2 Å². The number of nitrogens with zero attached hydrogens (tertiary/aromatic N) is 4. The smallest absolute Gasteiger partial charge is 0.208 e. The molecule has 0 aliphatic heterocycles. The van der Waals surface area contributed by atoms with Gasteiger partial charge >= 0.3 is 0 Å². The summed E-state index contributed by atoms with van der Waals surface area (Å²) in [6.07, 6.45) is 0. The molecular formula is C15H13ClN4O. The molecule has 1 aromatic heterocycles. The van der Waals surface area contributed by atoms with Crippen LogP contribution in [-0.4, -0.2) is 27.3 Å². The van der Waals surface area contributed by atoms with Gasteiger partial charge in [0.2, 0.25) is 5.82 Å². The second-order valence-electron chi connectivity index (χ2n) is 4.44. The van der Waals surface area contributed by atoms with Crippen molar-refractivity contribution in [3.63, 3.8) is 0 Å². The normalized spacial score (nSPS) is 10.6. The zero-order valence-electron chi connectivity index (χ0n) is 11.4. The molecule has 0 saturated carbocycles. The molecule has 0 radical (unpaired) electrons. The molecule has 0 N–H and O–H groups in total. The second-order valence-corrected chi connectivity index (χ2v) is 4.84. The van der Waals surface area contributed by atoms with Gasteiger partial charge in [-0.15, -0.1) is 10.2 Å². The number of halogens is 1. The summed E-state index contributed by atoms with van der Waals surface area (Å²) in [7, 11) is 1.62. The third-order valence-electron chi connectivity index (χ3n) is 3.07. The first kappa shape index (κ1) is 13.6. The van der Waals surface area contributed by atoms with Gasteiger partial charge in [-0.1, -0.05) is 41.9 Å². The molecule has 0 aliphatic carbocycles. The van der Waals surface area contributed by atoms with E-state index < -0.39 is 0 Å². The van der Waals surface area contributed by atoms with Crippen molar-refractivity contribution in [2.24, 2.45) is 0 Å². The number of aromatic nitrogens is 4. The van der Waals surface area contributed by atoms with Crippen molar-refractivity contribution >= 4 is 11.6 Å². The Hall–Kier alpha value is -2.40. The zero-order valence-corrected chi connectivity index (χ0v) is 12.2. The Morgan fingerprint density at radius 1 is 1.10 bits per heavy atom. The van der Waals surface area contributed by atoms with E-state index in [1.807, 2.05) is 48.5 Å². The van der Waals surface area contributed by atoms with E-state index >= 15 is 0 Å². The summed E-state index contributed by atoms with van der Waals surface area (Å²) in [6, 6.07) is 15.2. The molecule has 5 nitrogen and oxygen atoms in total. The van der Waals surface area contributed by atoms with Crippen molar-refractivity contribution in [3.05, 3.63) is 59.1 Å². The minimum atomic E-state index is 0.474. The number of benzene rings is 2. The van der Waals surface area contributed by atoms with Crippen LogP contribution in [0.3, 0.4) is 0 Å². The van der Waals surface area contributed by atoms with Crippen molar-refractivity contribution in [3.8, 4) is 17.1 Å². The molecule has 0 saturated heterocycles. The largest absolute Gasteiger partial charge is 0.496 e. The molecule has 3 rings (SSSR count). The van der Waals surface area contributed by atoms with Crippen molar-refractivity contribution in [1.29, 1.82) is 0 Å². The van der Waals surface area contributed by atoms with Gasteiger partial charge in [0.05, 0.1) is 19.2 Å². The third-order valence-corrected chi connectivity index (χ3v) is 3.44. The van der Waals surface area contributed by atoms with E-state index in [2.05, 4.69) is 15.4 Å². The van der Waals surface area contributed by atoms with E-state index in [4.69, 9.17) is 16.3 Å². The van der Waals surface area contributed by atoms with Crippen LogP contribution in [-0.2, 0) is 6.54 Å². The molecule has 0 atom stereocenters. The molecule has 2 aromatic carbocycles. The first-order valence-corrected chi connectivity index (χ1v) is 6.80. The number of methoxy groups -OCH3 is 1. The second kappa shape index (κ2) is 5.93. The highest BCUT2D eigenvalue weighted by atomic mass is 35.5. The van der Waals surface area contributed by atoms with Crippen LogP contribution in [0.5, 0.6) is 5.75 Å². The Kier molecular flexibility index (Phi) is 3.83. The Balaban J connectivity index is 1.89. The van der Waals surface area contributed by atoms with Gasteiger partial charge in [-0.05, 0) is 29.0 Å². The van der Waals surface area contributed by atoms with E-state index in [-0.39, 0.29) is 0 Å². The quantitative estimate of drug-likeness (QED) is 0.743. The average Bonchev–Trinajstić information content (AvgIpc) is 2.98. The molecule has 21 heavy (non-hydrogen) atoms. The monoisotopic (exact) mass is 300 g/mol. The van der Waals surface area contributed by atoms with E-state index in [0.717, 1.165) is 16.9 Å². The minimum Gasteiger partial charge on any atom is -0.496 e. The van der Waals surface area contributed by atoms with Crippen molar-refractivity contribution < 1.29 is 4.74 Å². The SMILES string of the molecule is COc1ccccc1-c1nnn(Cc2ccccc2Cl)n1. The molecule has 6 heteroatoms. The van der Waals surface area contributed by atoms with Crippen molar-refractivity contribution in [2.75, 3.05) is 7.11 Å². The maximum atomic E-state index is 6.14. The van der Waals surface area contributed by atoms with E-state index in [0.29, 0.717) is 17.4 Å². The number of hydrogen-bond acceptors (Lipinski definition) is 4. The maximum Gasteiger partial charge on any atom is 0.208 e. The molecule has 0 unspecified atom stereocenters. The van der Waals surface area contributed by atoms with Crippen LogP contribution >= 0.6 is 11.6 Å². The van der Waals surface area contributed by atoms with Crippen LogP contribution in [0.4, 0.5) is 0 Å². The molecule has 1 heterocycles. The first-order valence-electron chi connectivity index (χ1n) is 6.42. The lowest BCUT2D eigenvalue weighted by Gasteiger charge is -2.04. The van der Waals surface area contributed by atoms with Crippen LogP contribution < -0.4 is 4.74 Å². The van der Waals surface area contributed by atoms with Gasteiger partial charge in [-0.2, -0.15) is 4.80 Å². The summed E-state index contributed by atoms with van der Waals surface area (Å²) in [5.41, 5.74) is 1.76. The van der Waals surface area contributed by atoms with E-state index in [9.17, 15) is 0 Å². The number of hydrogen-bond donors (Lipinski definition) is 0. The van der Waals surface area contributed by atoms with Gasteiger partial charge in [0.25, 0.3) is 0 Å². The Labute approximate surface area is 127 Å². The molecule has 0 aliphatic rings. The predicted molar refractivity (Wildman–Crippen MR) is 80.4 cm³/mol. The van der Waals surface area contributed by atoms with Gasteiger partial charge in [-0.25, -0.2) is 0 Å². The molecule has 0 amide bonds. The fourth-order valence-corrected chi connectivity index (χ4v) is 2.22. The number of para-hydroxylation sites is 1. The van der Waals surface area contributed by atoms with E-state index in [1.54, 1.807) is 7.11 Å². The first-order chi connectivity index (χ1) is 10.3. The van der Waals surface area contributed by atoms with Crippen LogP contribution in [0.1, 0.15) is 5.56 Å². The Morgan fingerprint density at radius 2 is 1.86 bits per heavy atom. The zero-order chi connectivity index (χ0) is 14.7. The van der Waals surface area contributed by atoms with Gasteiger partial charge in [-0.3, -0.25) is 0 Å². The van der Waals surface area contributed by atoms with E-state index in [1.165, 1.54) is 4.80 Å². The summed E-state index contributed by atoms with van der Waals surface area (Å²) in [5.74, 6) is 1.24. The van der Waals surface area contributed by atoms with Crippen LogP contribution in [0.15, 0.2) is 48.5 Å². The number of tetrazole rings is 1. The lowest BCUT2D eigenvalue weighted by Crippen LogP contribution is -2.04. The summed E-state index contributed by atoms with van der Waals surface area (Å²) < 4.78 is 5.31. The van der Waals surface area contributed by atoms with Gasteiger partial charge < -0.3 is 4.74 Å². The number of rotatable bonds is 4. The topological polar surface area (TPSA) is 52.8 Å². The van der Waals surface area contributed by atoms with Gasteiger partial charge in [0, 0.05) is 5.02 Å². The fourth-order valence-electron chi connectivity index (χ4n) is 2.03. The predicted octanol–water partition coefficient (Wildman–Crippen LogP) is 3.05. The number of ether oxygens (including phenoxy) is 1. The molecule has 106 valence electrons. The van der Waals surface area contributed by atoms with Crippen LogP contribution in [0.25, 0.3) is 11.4 Å². The molecular weight excluding hydrogens is 288 g/mol. The molecule has 3 aromatic rings. The van der Waals surface area contributed by atoms with Crippen molar-refractivity contribution in [2.45, 2.75) is 6.54 Å². The lowest BCUT2D eigenvalue weighted by molar-refractivity contribution is 0.416. The van der Waals surface area contributed by atoms with Gasteiger partial charge in [0.15, 0.2) is 0 Å². The summed E-state index contributed by atoms with van der Waals surface area (Å²) >= 11 is 6.14. The lowest BCUT2D eigenvalue weighted by atomic mass is 10.2. The Bertz CT molecular complexity index is 757. The summed E-state index contributed by atoms with van der Waals surface area (Å²) in [5, 5.41) is 13.2. The van der Waals surface area contributed by atoms with Crippen LogP contribution in [0, 0.1) is 0 Å². The molecule has 0 bridgehead atoms. The minimum absolute atomic E-state index is 0.474. The molecule has 0 fully saturated rings. The summed E-state index contributed by atoms with van der Waals surface area (Å²) in [4.78, 5) is 1.52. The highest BCUT2D eigenvalue weighted by Gasteiger charge is 2.11. The fraction of sp³-hybridized carbons (Fsp3) is 0.133. The summed E-state index contributed by atoms with van der Waals surface area (Å²) in [6.45, 7) is 0.474.